The molecule has 1 aromatic heterocycles. The SMILES string of the molecule is O=c1[nH]c2ccccc2n1C1CCN(Cc2cccc(S(=O)(=O)N3CCOCC3)c2)CC1. The summed E-state index contributed by atoms with van der Waals surface area (Å²) < 4.78 is 34.6. The average Bonchev–Trinajstić information content (AvgIpc) is 3.16. The second-order valence-electron chi connectivity index (χ2n) is 8.49. The molecule has 0 amide bonds. The van der Waals surface area contributed by atoms with Crippen LogP contribution in [0.25, 0.3) is 11.0 Å². The van der Waals surface area contributed by atoms with Crippen LogP contribution in [0.15, 0.2) is 58.2 Å². The third-order valence-electron chi connectivity index (χ3n) is 6.46. The summed E-state index contributed by atoms with van der Waals surface area (Å²) in [5.74, 6) is 0. The first kappa shape index (κ1) is 21.4. The molecule has 3 heterocycles. The average molecular weight is 457 g/mol. The van der Waals surface area contributed by atoms with Gasteiger partial charge in [-0.3, -0.25) is 9.47 Å². The van der Waals surface area contributed by atoms with Gasteiger partial charge in [0.25, 0.3) is 0 Å². The Labute approximate surface area is 187 Å². The van der Waals surface area contributed by atoms with Crippen LogP contribution >= 0.6 is 0 Å². The monoisotopic (exact) mass is 456 g/mol. The van der Waals surface area contributed by atoms with E-state index in [2.05, 4.69) is 9.88 Å². The fourth-order valence-corrected chi connectivity index (χ4v) is 6.25. The number of ether oxygens (including phenoxy) is 1. The second-order valence-corrected chi connectivity index (χ2v) is 10.4. The summed E-state index contributed by atoms with van der Waals surface area (Å²) in [4.78, 5) is 18.1. The van der Waals surface area contributed by atoms with Crippen molar-refractivity contribution < 1.29 is 13.2 Å². The molecule has 0 saturated carbocycles. The lowest BCUT2D eigenvalue weighted by molar-refractivity contribution is 0.0730. The Balaban J connectivity index is 1.26. The van der Waals surface area contributed by atoms with Crippen molar-refractivity contribution in [2.24, 2.45) is 0 Å². The number of benzene rings is 2. The van der Waals surface area contributed by atoms with Crippen molar-refractivity contribution in [3.63, 3.8) is 0 Å². The maximum Gasteiger partial charge on any atom is 0.326 e. The van der Waals surface area contributed by atoms with E-state index >= 15 is 0 Å². The Bertz CT molecular complexity index is 1250. The molecule has 2 fully saturated rings. The molecule has 32 heavy (non-hydrogen) atoms. The number of para-hydroxylation sites is 2. The van der Waals surface area contributed by atoms with E-state index in [9.17, 15) is 13.2 Å². The van der Waals surface area contributed by atoms with Crippen LogP contribution in [-0.4, -0.2) is 66.6 Å². The zero-order valence-electron chi connectivity index (χ0n) is 17.9. The summed E-state index contributed by atoms with van der Waals surface area (Å²) in [5.41, 5.74) is 2.77. The highest BCUT2D eigenvalue weighted by atomic mass is 32.2. The van der Waals surface area contributed by atoms with Crippen molar-refractivity contribution in [2.75, 3.05) is 39.4 Å². The Morgan fingerprint density at radius 1 is 0.969 bits per heavy atom. The van der Waals surface area contributed by atoms with Crippen LogP contribution in [0.3, 0.4) is 0 Å². The van der Waals surface area contributed by atoms with Gasteiger partial charge in [0.2, 0.25) is 10.0 Å². The fraction of sp³-hybridized carbons (Fsp3) is 0.435. The van der Waals surface area contributed by atoms with Crippen molar-refractivity contribution in [1.29, 1.82) is 0 Å². The van der Waals surface area contributed by atoms with E-state index in [0.717, 1.165) is 42.5 Å². The van der Waals surface area contributed by atoms with Gasteiger partial charge in [0, 0.05) is 38.8 Å². The molecule has 2 aromatic carbocycles. The zero-order valence-corrected chi connectivity index (χ0v) is 18.8. The molecule has 0 bridgehead atoms. The number of sulfonamides is 1. The summed E-state index contributed by atoms with van der Waals surface area (Å²) in [5, 5.41) is 0. The highest BCUT2D eigenvalue weighted by Crippen LogP contribution is 2.26. The smallest absolute Gasteiger partial charge is 0.326 e. The number of hydrogen-bond donors (Lipinski definition) is 1. The Morgan fingerprint density at radius 2 is 1.72 bits per heavy atom. The predicted molar refractivity (Wildman–Crippen MR) is 122 cm³/mol. The number of rotatable bonds is 5. The third-order valence-corrected chi connectivity index (χ3v) is 8.35. The Kier molecular flexibility index (Phi) is 5.90. The van der Waals surface area contributed by atoms with Crippen molar-refractivity contribution in [2.45, 2.75) is 30.3 Å². The summed E-state index contributed by atoms with van der Waals surface area (Å²) in [6, 6.07) is 15.2. The summed E-state index contributed by atoms with van der Waals surface area (Å²) in [6.45, 7) is 4.08. The van der Waals surface area contributed by atoms with Crippen LogP contribution < -0.4 is 5.69 Å². The number of morpholine rings is 1. The van der Waals surface area contributed by atoms with E-state index in [0.29, 0.717) is 37.7 Å². The standard InChI is InChI=1S/C23H28N4O4S/c28-23-24-21-6-1-2-7-22(21)27(23)19-8-10-25(11-9-19)17-18-4-3-5-20(16-18)32(29,30)26-12-14-31-15-13-26/h1-7,16,19H,8-15,17H2,(H,24,28). The lowest BCUT2D eigenvalue weighted by Gasteiger charge is -2.32. The minimum atomic E-state index is -3.50. The van der Waals surface area contributed by atoms with Gasteiger partial charge in [0.15, 0.2) is 0 Å². The lowest BCUT2D eigenvalue weighted by atomic mass is 10.0. The molecule has 2 aliphatic rings. The summed E-state index contributed by atoms with van der Waals surface area (Å²) in [6.07, 6.45) is 1.76. The van der Waals surface area contributed by atoms with Gasteiger partial charge in [0.1, 0.15) is 0 Å². The van der Waals surface area contributed by atoms with Crippen molar-refractivity contribution in [3.05, 3.63) is 64.6 Å². The minimum absolute atomic E-state index is 0.0503. The lowest BCUT2D eigenvalue weighted by Crippen LogP contribution is -2.40. The van der Waals surface area contributed by atoms with Gasteiger partial charge in [-0.2, -0.15) is 4.31 Å². The highest BCUT2D eigenvalue weighted by Gasteiger charge is 2.27. The molecular weight excluding hydrogens is 428 g/mol. The number of nitrogens with zero attached hydrogens (tertiary/aromatic N) is 3. The number of H-pyrrole nitrogens is 1. The number of aromatic amines is 1. The van der Waals surface area contributed by atoms with E-state index in [-0.39, 0.29) is 11.7 Å². The van der Waals surface area contributed by atoms with Crippen LogP contribution in [0.2, 0.25) is 0 Å². The number of piperidine rings is 1. The Hall–Kier alpha value is -2.46. The van der Waals surface area contributed by atoms with Gasteiger partial charge in [-0.1, -0.05) is 24.3 Å². The minimum Gasteiger partial charge on any atom is -0.379 e. The van der Waals surface area contributed by atoms with Crippen molar-refractivity contribution >= 4 is 21.1 Å². The number of imidazole rings is 1. The van der Waals surface area contributed by atoms with Gasteiger partial charge in [0.05, 0.1) is 29.1 Å². The van der Waals surface area contributed by atoms with Gasteiger partial charge in [-0.15, -0.1) is 0 Å². The number of fused-ring (bicyclic) bond motifs is 1. The molecule has 3 aromatic rings. The van der Waals surface area contributed by atoms with Gasteiger partial charge in [-0.25, -0.2) is 13.2 Å². The second kappa shape index (κ2) is 8.82. The predicted octanol–water partition coefficient (Wildman–Crippen LogP) is 2.19. The molecule has 170 valence electrons. The number of aromatic nitrogens is 2. The molecule has 5 rings (SSSR count). The van der Waals surface area contributed by atoms with Crippen molar-refractivity contribution in [3.8, 4) is 0 Å². The van der Waals surface area contributed by atoms with E-state index < -0.39 is 10.0 Å². The maximum absolute atomic E-state index is 13.0. The molecule has 0 aliphatic carbocycles. The van der Waals surface area contributed by atoms with Gasteiger partial charge < -0.3 is 9.72 Å². The molecule has 0 atom stereocenters. The van der Waals surface area contributed by atoms with Crippen LogP contribution in [0.4, 0.5) is 0 Å². The molecule has 1 N–H and O–H groups in total. The fourth-order valence-electron chi connectivity index (χ4n) is 4.77. The molecule has 2 aliphatic heterocycles. The zero-order chi connectivity index (χ0) is 22.1. The first-order valence-corrected chi connectivity index (χ1v) is 12.5. The molecule has 2 saturated heterocycles. The molecule has 8 nitrogen and oxygen atoms in total. The van der Waals surface area contributed by atoms with Crippen LogP contribution in [0, 0.1) is 0 Å². The molecule has 9 heteroatoms. The number of likely N-dealkylation sites (tertiary alicyclic amines) is 1. The van der Waals surface area contributed by atoms with Crippen LogP contribution in [0.1, 0.15) is 24.4 Å². The Morgan fingerprint density at radius 3 is 2.50 bits per heavy atom. The molecule has 0 radical (unpaired) electrons. The van der Waals surface area contributed by atoms with Crippen LogP contribution in [0.5, 0.6) is 0 Å². The molecular formula is C23H28N4O4S. The molecule has 0 spiro atoms. The maximum atomic E-state index is 13.0. The summed E-state index contributed by atoms with van der Waals surface area (Å²) in [7, 11) is -3.50. The number of nitrogens with one attached hydrogen (secondary N) is 1. The third kappa shape index (κ3) is 4.13. The molecule has 0 unspecified atom stereocenters. The first-order chi connectivity index (χ1) is 15.5. The van der Waals surface area contributed by atoms with Crippen LogP contribution in [-0.2, 0) is 21.3 Å². The topological polar surface area (TPSA) is 87.6 Å². The quantitative estimate of drug-likeness (QED) is 0.636. The first-order valence-electron chi connectivity index (χ1n) is 11.1. The highest BCUT2D eigenvalue weighted by molar-refractivity contribution is 7.89. The van der Waals surface area contributed by atoms with Crippen molar-refractivity contribution in [1.82, 2.24) is 18.8 Å². The van der Waals surface area contributed by atoms with Gasteiger partial charge in [-0.05, 0) is 42.7 Å². The van der Waals surface area contributed by atoms with E-state index in [1.165, 1.54) is 4.31 Å². The normalized spacial score (nSPS) is 19.5. The number of hydrogen-bond acceptors (Lipinski definition) is 5. The van der Waals surface area contributed by atoms with E-state index in [4.69, 9.17) is 4.74 Å². The van der Waals surface area contributed by atoms with E-state index in [1.54, 1.807) is 12.1 Å². The van der Waals surface area contributed by atoms with Gasteiger partial charge >= 0.3 is 5.69 Å². The van der Waals surface area contributed by atoms with E-state index in [1.807, 2.05) is 41.0 Å². The summed E-state index contributed by atoms with van der Waals surface area (Å²) >= 11 is 0. The largest absolute Gasteiger partial charge is 0.379 e.